The van der Waals surface area contributed by atoms with Gasteiger partial charge >= 0.3 is 0 Å². The summed E-state index contributed by atoms with van der Waals surface area (Å²) < 4.78 is 39.6. The van der Waals surface area contributed by atoms with Gasteiger partial charge in [0.1, 0.15) is 0 Å². The van der Waals surface area contributed by atoms with Crippen LogP contribution < -0.4 is 0 Å². The summed E-state index contributed by atoms with van der Waals surface area (Å²) in [7, 11) is 12.6. The Labute approximate surface area is 133 Å². The summed E-state index contributed by atoms with van der Waals surface area (Å²) in [6.45, 7) is 0. The predicted molar refractivity (Wildman–Crippen MR) is 80.5 cm³/mol. The second kappa shape index (κ2) is 17.0. The van der Waals surface area contributed by atoms with Gasteiger partial charge in [-0.15, -0.1) is 0 Å². The highest BCUT2D eigenvalue weighted by atomic mass is 16.7. The Balaban J connectivity index is 0. The van der Waals surface area contributed by atoms with Crippen LogP contribution in [0.2, 0.25) is 0 Å². The molecule has 0 saturated carbocycles. The number of hydrogen-bond donors (Lipinski definition) is 0. The normalized spacial score (nSPS) is 11.5. The molecule has 0 spiro atoms. The first-order valence-corrected chi connectivity index (χ1v) is 6.78. The van der Waals surface area contributed by atoms with Crippen molar-refractivity contribution < 1.29 is 37.9 Å². The molecule has 0 bridgehead atoms. The van der Waals surface area contributed by atoms with Crippen LogP contribution in [0.4, 0.5) is 0 Å². The third kappa shape index (κ3) is 12.2. The molecule has 0 aromatic carbocycles. The summed E-state index contributed by atoms with van der Waals surface area (Å²) in [5.41, 5.74) is 0. The van der Waals surface area contributed by atoms with Crippen LogP contribution in [-0.4, -0.2) is 82.0 Å². The summed E-state index contributed by atoms with van der Waals surface area (Å²) in [6.07, 6.45) is 0.0830. The first-order chi connectivity index (χ1) is 10.6. The molecule has 0 amide bonds. The Kier molecular flexibility index (Phi) is 18.5. The second-order valence-corrected chi connectivity index (χ2v) is 4.08. The molecule has 0 atom stereocenters. The van der Waals surface area contributed by atoms with E-state index in [9.17, 15) is 0 Å². The Morgan fingerprint density at radius 3 is 0.591 bits per heavy atom. The molecule has 0 aromatic rings. The van der Waals surface area contributed by atoms with Gasteiger partial charge in [0.2, 0.25) is 0 Å². The molecule has 22 heavy (non-hydrogen) atoms. The number of hydrogen-bond acceptors (Lipinski definition) is 8. The van der Waals surface area contributed by atoms with Crippen molar-refractivity contribution in [3.05, 3.63) is 0 Å². The number of rotatable bonds is 12. The molecule has 0 heterocycles. The summed E-state index contributed by atoms with van der Waals surface area (Å²) in [6, 6.07) is 0. The Morgan fingerprint density at radius 2 is 0.500 bits per heavy atom. The van der Waals surface area contributed by atoms with Crippen molar-refractivity contribution in [3.8, 4) is 0 Å². The summed E-state index contributed by atoms with van der Waals surface area (Å²) >= 11 is 0. The van der Waals surface area contributed by atoms with Crippen molar-refractivity contribution in [2.45, 2.75) is 38.0 Å². The van der Waals surface area contributed by atoms with Gasteiger partial charge in [-0.3, -0.25) is 0 Å². The first-order valence-electron chi connectivity index (χ1n) is 6.78. The van der Waals surface area contributed by atoms with Crippen molar-refractivity contribution in [2.24, 2.45) is 0 Å². The molecule has 0 aromatic heterocycles. The molecule has 8 nitrogen and oxygen atoms in total. The van der Waals surface area contributed by atoms with Crippen LogP contribution in [0.25, 0.3) is 0 Å². The maximum Gasteiger partial charge on any atom is 0.161 e. The van der Waals surface area contributed by atoms with Gasteiger partial charge in [-0.1, -0.05) is 0 Å². The average molecular weight is 328 g/mol. The van der Waals surface area contributed by atoms with Crippen molar-refractivity contribution in [2.75, 3.05) is 56.9 Å². The topological polar surface area (TPSA) is 73.8 Å². The van der Waals surface area contributed by atoms with Gasteiger partial charge in [-0.25, -0.2) is 0 Å². The lowest BCUT2D eigenvalue weighted by Gasteiger charge is -2.18. The minimum absolute atomic E-state index is 0.264. The first kappa shape index (κ1) is 23.9. The van der Waals surface area contributed by atoms with Gasteiger partial charge in [0.15, 0.2) is 25.2 Å². The molecular weight excluding hydrogens is 296 g/mol. The molecule has 8 heteroatoms. The molecule has 0 aliphatic rings. The predicted octanol–water partition coefficient (Wildman–Crippen LogP) is 1.23. The molecule has 0 saturated heterocycles. The Bertz CT molecular complexity index is 159. The fourth-order valence-corrected chi connectivity index (χ4v) is 1.47. The van der Waals surface area contributed by atoms with E-state index in [1.807, 2.05) is 0 Å². The van der Waals surface area contributed by atoms with Crippen molar-refractivity contribution in [1.82, 2.24) is 0 Å². The SMILES string of the molecule is COC(CC(OC)OC)OC.COC(CC(OC)OC)OC. The lowest BCUT2D eigenvalue weighted by atomic mass is 10.4. The molecule has 0 radical (unpaired) electrons. The van der Waals surface area contributed by atoms with Gasteiger partial charge in [0.25, 0.3) is 0 Å². The van der Waals surface area contributed by atoms with E-state index in [-0.39, 0.29) is 25.2 Å². The third-order valence-electron chi connectivity index (χ3n) is 2.87. The number of methoxy groups -OCH3 is 8. The van der Waals surface area contributed by atoms with E-state index in [4.69, 9.17) is 37.9 Å². The zero-order valence-corrected chi connectivity index (χ0v) is 15.0. The molecule has 0 aliphatic carbocycles. The molecule has 0 aliphatic heterocycles. The zero-order chi connectivity index (χ0) is 17.4. The fourth-order valence-electron chi connectivity index (χ4n) is 1.47. The lowest BCUT2D eigenvalue weighted by molar-refractivity contribution is -0.179. The molecule has 0 N–H and O–H groups in total. The fraction of sp³-hybridized carbons (Fsp3) is 1.00. The van der Waals surface area contributed by atoms with E-state index < -0.39 is 0 Å². The van der Waals surface area contributed by atoms with Gasteiger partial charge in [-0.2, -0.15) is 0 Å². The minimum Gasteiger partial charge on any atom is -0.356 e. The van der Waals surface area contributed by atoms with Crippen LogP contribution >= 0.6 is 0 Å². The lowest BCUT2D eigenvalue weighted by Crippen LogP contribution is -2.24. The largest absolute Gasteiger partial charge is 0.356 e. The van der Waals surface area contributed by atoms with E-state index >= 15 is 0 Å². The summed E-state index contributed by atoms with van der Waals surface area (Å²) in [4.78, 5) is 0. The van der Waals surface area contributed by atoms with Crippen molar-refractivity contribution in [1.29, 1.82) is 0 Å². The standard InChI is InChI=1S/2C7H16O4/c2*1-8-6(9-2)5-7(10-3)11-4/h2*6-7H,5H2,1-4H3. The minimum atomic E-state index is -0.264. The molecule has 0 unspecified atom stereocenters. The van der Waals surface area contributed by atoms with E-state index in [2.05, 4.69) is 0 Å². The second-order valence-electron chi connectivity index (χ2n) is 4.08. The van der Waals surface area contributed by atoms with Crippen LogP contribution in [-0.2, 0) is 37.9 Å². The van der Waals surface area contributed by atoms with Crippen LogP contribution in [0.5, 0.6) is 0 Å². The van der Waals surface area contributed by atoms with E-state index in [0.717, 1.165) is 0 Å². The molecular formula is C14H32O8. The van der Waals surface area contributed by atoms with Crippen LogP contribution in [0, 0.1) is 0 Å². The van der Waals surface area contributed by atoms with Crippen LogP contribution in [0.3, 0.4) is 0 Å². The third-order valence-corrected chi connectivity index (χ3v) is 2.87. The van der Waals surface area contributed by atoms with Crippen molar-refractivity contribution in [3.63, 3.8) is 0 Å². The number of ether oxygens (including phenoxy) is 8. The van der Waals surface area contributed by atoms with E-state index in [0.29, 0.717) is 12.8 Å². The van der Waals surface area contributed by atoms with Gasteiger partial charge in [-0.05, 0) is 0 Å². The highest BCUT2D eigenvalue weighted by molar-refractivity contribution is 4.48. The molecule has 0 rings (SSSR count). The monoisotopic (exact) mass is 328 g/mol. The highest BCUT2D eigenvalue weighted by Gasteiger charge is 2.14. The Morgan fingerprint density at radius 1 is 0.364 bits per heavy atom. The van der Waals surface area contributed by atoms with E-state index in [1.165, 1.54) is 0 Å². The maximum atomic E-state index is 4.95. The molecule has 136 valence electrons. The quantitative estimate of drug-likeness (QED) is 0.495. The maximum absolute atomic E-state index is 4.95. The highest BCUT2D eigenvalue weighted by Crippen LogP contribution is 2.06. The van der Waals surface area contributed by atoms with Gasteiger partial charge in [0.05, 0.1) is 0 Å². The van der Waals surface area contributed by atoms with Gasteiger partial charge in [0, 0.05) is 69.7 Å². The van der Waals surface area contributed by atoms with Crippen LogP contribution in [0.1, 0.15) is 12.8 Å². The van der Waals surface area contributed by atoms with Crippen molar-refractivity contribution >= 4 is 0 Å². The Hall–Kier alpha value is -0.320. The average Bonchev–Trinajstić information content (AvgIpc) is 2.58. The van der Waals surface area contributed by atoms with Gasteiger partial charge < -0.3 is 37.9 Å². The van der Waals surface area contributed by atoms with Crippen LogP contribution in [0.15, 0.2) is 0 Å². The zero-order valence-electron chi connectivity index (χ0n) is 15.0. The summed E-state index contributed by atoms with van der Waals surface area (Å²) in [5.74, 6) is 0. The summed E-state index contributed by atoms with van der Waals surface area (Å²) in [5, 5.41) is 0. The molecule has 0 fully saturated rings. The van der Waals surface area contributed by atoms with E-state index in [1.54, 1.807) is 56.9 Å². The smallest absolute Gasteiger partial charge is 0.161 e.